The molecular weight excluding hydrogens is 459 g/mol. The van der Waals surface area contributed by atoms with Gasteiger partial charge in [-0.05, 0) is 48.0 Å². The van der Waals surface area contributed by atoms with Crippen LogP contribution in [0.25, 0.3) is 6.08 Å². The third-order valence-electron chi connectivity index (χ3n) is 4.86. The lowest BCUT2D eigenvalue weighted by Crippen LogP contribution is -2.35. The molecule has 1 saturated heterocycles. The highest BCUT2D eigenvalue weighted by Crippen LogP contribution is 2.30. The van der Waals surface area contributed by atoms with Crippen LogP contribution in [0.4, 0.5) is 21.5 Å². The molecule has 0 spiro atoms. The zero-order valence-electron chi connectivity index (χ0n) is 17.9. The van der Waals surface area contributed by atoms with Gasteiger partial charge in [-0.3, -0.25) is 29.9 Å². The fourth-order valence-corrected chi connectivity index (χ4v) is 3.28. The van der Waals surface area contributed by atoms with Gasteiger partial charge in [-0.15, -0.1) is 0 Å². The Morgan fingerprint density at radius 3 is 2.57 bits per heavy atom. The number of rotatable bonds is 7. The Kier molecular flexibility index (Phi) is 6.49. The third kappa shape index (κ3) is 5.30. The van der Waals surface area contributed by atoms with Gasteiger partial charge in [0.1, 0.15) is 11.4 Å². The molecule has 11 heteroatoms. The number of para-hydroxylation sites is 1. The molecule has 4 rings (SSSR count). The van der Waals surface area contributed by atoms with E-state index < -0.39 is 40.8 Å². The summed E-state index contributed by atoms with van der Waals surface area (Å²) >= 11 is 0. The van der Waals surface area contributed by atoms with Crippen LogP contribution in [-0.4, -0.2) is 29.3 Å². The molecule has 2 N–H and O–H groups in total. The van der Waals surface area contributed by atoms with Gasteiger partial charge in [0.15, 0.2) is 12.4 Å². The first-order valence-electron chi connectivity index (χ1n) is 10.2. The van der Waals surface area contributed by atoms with Gasteiger partial charge >= 0.3 is 5.69 Å². The molecule has 0 saturated carbocycles. The lowest BCUT2D eigenvalue weighted by atomic mass is 10.1. The number of nitro groups is 1. The average molecular weight is 476 g/mol. The third-order valence-corrected chi connectivity index (χ3v) is 4.86. The molecule has 1 aliphatic rings. The Morgan fingerprint density at radius 2 is 1.86 bits per heavy atom. The summed E-state index contributed by atoms with van der Waals surface area (Å²) in [7, 11) is 0. The maximum absolute atomic E-state index is 13.2. The zero-order valence-corrected chi connectivity index (χ0v) is 17.9. The number of hydrogen-bond donors (Lipinski definition) is 2. The molecule has 0 bridgehead atoms. The minimum atomic E-state index is -0.714. The van der Waals surface area contributed by atoms with Crippen LogP contribution in [0.15, 0.2) is 78.4 Å². The van der Waals surface area contributed by atoms with Gasteiger partial charge in [0.05, 0.1) is 10.6 Å². The number of anilines is 2. The van der Waals surface area contributed by atoms with Crippen LogP contribution in [0.2, 0.25) is 0 Å². The van der Waals surface area contributed by atoms with Gasteiger partial charge in [-0.1, -0.05) is 30.3 Å². The number of nitro benzene ring substituents is 1. The summed E-state index contributed by atoms with van der Waals surface area (Å²) in [4.78, 5) is 48.0. The monoisotopic (exact) mass is 476 g/mol. The van der Waals surface area contributed by atoms with Crippen LogP contribution in [0.5, 0.6) is 5.75 Å². The van der Waals surface area contributed by atoms with Gasteiger partial charge in [-0.25, -0.2) is 9.40 Å². The summed E-state index contributed by atoms with van der Waals surface area (Å²) in [5.74, 6) is -2.65. The molecule has 0 aromatic heterocycles. The van der Waals surface area contributed by atoms with Gasteiger partial charge in [0, 0.05) is 11.8 Å². The molecule has 1 aliphatic heterocycles. The molecule has 1 fully saturated rings. The topological polar surface area (TPSA) is 131 Å². The summed E-state index contributed by atoms with van der Waals surface area (Å²) in [6, 6.07) is 17.5. The van der Waals surface area contributed by atoms with E-state index in [4.69, 9.17) is 4.74 Å². The number of halogens is 1. The first kappa shape index (κ1) is 23.1. The highest BCUT2D eigenvalue weighted by atomic mass is 19.1. The van der Waals surface area contributed by atoms with Crippen LogP contribution in [-0.2, 0) is 14.4 Å². The van der Waals surface area contributed by atoms with Crippen LogP contribution in [0.1, 0.15) is 5.56 Å². The van der Waals surface area contributed by atoms with E-state index in [1.807, 2.05) is 0 Å². The molecule has 0 atom stereocenters. The summed E-state index contributed by atoms with van der Waals surface area (Å²) in [6.45, 7) is -0.565. The van der Waals surface area contributed by atoms with Gasteiger partial charge in [-0.2, -0.15) is 0 Å². The smallest absolute Gasteiger partial charge is 0.311 e. The Labute approximate surface area is 197 Å². The largest absolute Gasteiger partial charge is 0.477 e. The number of carbonyl (C=O) groups excluding carboxylic acids is 3. The molecule has 3 aromatic carbocycles. The maximum Gasteiger partial charge on any atom is 0.311 e. The van der Waals surface area contributed by atoms with Crippen LogP contribution < -0.4 is 20.5 Å². The van der Waals surface area contributed by atoms with E-state index in [1.165, 1.54) is 36.4 Å². The Balaban J connectivity index is 1.50. The van der Waals surface area contributed by atoms with Gasteiger partial charge in [0.2, 0.25) is 0 Å². The van der Waals surface area contributed by atoms with Crippen molar-refractivity contribution in [3.05, 3.63) is 99.9 Å². The number of ether oxygens (including phenoxy) is 1. The van der Waals surface area contributed by atoms with Crippen LogP contribution in [0, 0.1) is 15.9 Å². The number of hydrogen-bond acceptors (Lipinski definition) is 6. The fraction of sp³-hybridized carbons (Fsp3) is 0.0417. The van der Waals surface area contributed by atoms with Crippen molar-refractivity contribution in [1.29, 1.82) is 0 Å². The van der Waals surface area contributed by atoms with Crippen molar-refractivity contribution in [3.63, 3.8) is 0 Å². The highest BCUT2D eigenvalue weighted by Gasteiger charge is 2.34. The molecule has 1 heterocycles. The van der Waals surface area contributed by atoms with E-state index in [2.05, 4.69) is 10.7 Å². The predicted octanol–water partition coefficient (Wildman–Crippen LogP) is 3.21. The number of carbonyl (C=O) groups is 3. The molecule has 0 unspecified atom stereocenters. The number of nitrogens with one attached hydrogen (secondary N) is 2. The van der Waals surface area contributed by atoms with E-state index in [-0.39, 0.29) is 22.6 Å². The molecule has 0 radical (unpaired) electrons. The first-order valence-corrected chi connectivity index (χ1v) is 10.2. The summed E-state index contributed by atoms with van der Waals surface area (Å²) < 4.78 is 18.5. The molecule has 10 nitrogen and oxygen atoms in total. The SMILES string of the molecule is O=C(COc1ccc(C=C2C(=O)NN(c3ccccc3)C2=O)cc1[N+](=O)[O-])Nc1cccc(F)c1. The van der Waals surface area contributed by atoms with Crippen molar-refractivity contribution in [2.45, 2.75) is 0 Å². The summed E-state index contributed by atoms with van der Waals surface area (Å²) in [6.07, 6.45) is 1.23. The van der Waals surface area contributed by atoms with Crippen molar-refractivity contribution in [2.24, 2.45) is 0 Å². The van der Waals surface area contributed by atoms with E-state index in [9.17, 15) is 28.9 Å². The highest BCUT2D eigenvalue weighted by molar-refractivity contribution is 6.31. The lowest BCUT2D eigenvalue weighted by molar-refractivity contribution is -0.385. The standard InChI is InChI=1S/C24H17FN4O6/c25-16-5-4-6-17(13-16)26-22(30)14-35-21-10-9-15(12-20(21)29(33)34)11-19-23(31)27-28(24(19)32)18-7-2-1-3-8-18/h1-13H,14H2,(H,26,30)(H,27,31). The van der Waals surface area contributed by atoms with E-state index in [0.29, 0.717) is 5.69 Å². The van der Waals surface area contributed by atoms with Crippen molar-refractivity contribution in [3.8, 4) is 5.75 Å². The van der Waals surface area contributed by atoms with Gasteiger partial charge < -0.3 is 10.1 Å². The molecule has 3 aromatic rings. The second-order valence-corrected chi connectivity index (χ2v) is 7.31. The zero-order chi connectivity index (χ0) is 24.9. The number of benzene rings is 3. The van der Waals surface area contributed by atoms with E-state index >= 15 is 0 Å². The fourth-order valence-electron chi connectivity index (χ4n) is 3.28. The number of hydrazine groups is 1. The predicted molar refractivity (Wildman–Crippen MR) is 124 cm³/mol. The molecule has 35 heavy (non-hydrogen) atoms. The molecule has 0 aliphatic carbocycles. The normalized spacial score (nSPS) is 14.1. The minimum absolute atomic E-state index is 0.195. The average Bonchev–Trinajstić information content (AvgIpc) is 3.12. The van der Waals surface area contributed by atoms with Crippen LogP contribution >= 0.6 is 0 Å². The minimum Gasteiger partial charge on any atom is -0.477 e. The molecule has 176 valence electrons. The second kappa shape index (κ2) is 9.83. The van der Waals surface area contributed by atoms with Crippen molar-refractivity contribution < 1.29 is 28.4 Å². The Hall–Kier alpha value is -5.06. The van der Waals surface area contributed by atoms with Gasteiger partial charge in [0.25, 0.3) is 17.7 Å². The number of nitrogens with zero attached hydrogens (tertiary/aromatic N) is 2. The molecular formula is C24H17FN4O6. The second-order valence-electron chi connectivity index (χ2n) is 7.31. The van der Waals surface area contributed by atoms with E-state index in [1.54, 1.807) is 30.3 Å². The first-order chi connectivity index (χ1) is 16.8. The van der Waals surface area contributed by atoms with Crippen molar-refractivity contribution in [1.82, 2.24) is 5.43 Å². The Bertz CT molecular complexity index is 1360. The van der Waals surface area contributed by atoms with Crippen LogP contribution in [0.3, 0.4) is 0 Å². The van der Waals surface area contributed by atoms with Crippen molar-refractivity contribution >= 4 is 40.9 Å². The maximum atomic E-state index is 13.2. The molecule has 3 amide bonds. The summed E-state index contributed by atoms with van der Waals surface area (Å²) in [5.41, 5.74) is 2.65. The summed E-state index contributed by atoms with van der Waals surface area (Å²) in [5, 5.41) is 15.1. The van der Waals surface area contributed by atoms with Crippen molar-refractivity contribution in [2.75, 3.05) is 16.9 Å². The Morgan fingerprint density at radius 1 is 1.09 bits per heavy atom. The van der Waals surface area contributed by atoms with E-state index in [0.717, 1.165) is 17.1 Å². The lowest BCUT2D eigenvalue weighted by Gasteiger charge is -2.13. The number of amides is 3. The quantitative estimate of drug-likeness (QED) is 0.233.